The lowest BCUT2D eigenvalue weighted by atomic mass is 9.87. The second-order valence-electron chi connectivity index (χ2n) is 6.11. The first-order chi connectivity index (χ1) is 9.77. The lowest BCUT2D eigenvalue weighted by Gasteiger charge is -2.27. The number of nitrogens with zero attached hydrogens (tertiary/aromatic N) is 1. The molecule has 0 saturated carbocycles. The third-order valence-corrected chi connectivity index (χ3v) is 7.06. The smallest absolute Gasteiger partial charge is 0.240 e. The van der Waals surface area contributed by atoms with Crippen molar-refractivity contribution in [2.24, 2.45) is 5.41 Å². The highest BCUT2D eigenvalue weighted by Crippen LogP contribution is 2.43. The molecule has 1 spiro atoms. The van der Waals surface area contributed by atoms with Crippen molar-refractivity contribution in [2.75, 3.05) is 32.1 Å². The second-order valence-corrected chi connectivity index (χ2v) is 8.33. The Morgan fingerprint density at radius 3 is 3.25 bits per heavy atom. The fourth-order valence-corrected chi connectivity index (χ4v) is 5.99. The van der Waals surface area contributed by atoms with Crippen molar-refractivity contribution in [3.63, 3.8) is 0 Å². The first-order valence-corrected chi connectivity index (χ1v) is 9.25. The summed E-state index contributed by atoms with van der Waals surface area (Å²) in [6.07, 6.45) is 3.37. The number of likely N-dealkylation sites (tertiary alicyclic amines) is 1. The van der Waals surface area contributed by atoms with Crippen LogP contribution in [0.2, 0.25) is 0 Å². The summed E-state index contributed by atoms with van der Waals surface area (Å²) in [7, 11) is 0. The van der Waals surface area contributed by atoms with Gasteiger partial charge in [0.25, 0.3) is 0 Å². The van der Waals surface area contributed by atoms with Crippen molar-refractivity contribution in [2.45, 2.75) is 24.5 Å². The number of rotatable bonds is 1. The van der Waals surface area contributed by atoms with Gasteiger partial charge < -0.3 is 9.64 Å². The number of thiophene rings is 1. The highest BCUT2D eigenvalue weighted by Gasteiger charge is 2.44. The van der Waals surface area contributed by atoms with Crippen LogP contribution in [-0.4, -0.2) is 42.9 Å². The molecule has 4 heterocycles. The van der Waals surface area contributed by atoms with E-state index < -0.39 is 0 Å². The predicted molar refractivity (Wildman–Crippen MR) is 82.3 cm³/mol. The Morgan fingerprint density at radius 2 is 2.40 bits per heavy atom. The maximum atomic E-state index is 12.9. The van der Waals surface area contributed by atoms with Gasteiger partial charge in [-0.2, -0.15) is 0 Å². The monoisotopic (exact) mass is 309 g/mol. The Labute approximate surface area is 127 Å². The molecule has 1 aromatic rings. The van der Waals surface area contributed by atoms with Gasteiger partial charge in [-0.25, -0.2) is 0 Å². The maximum Gasteiger partial charge on any atom is 0.240 e. The SMILES string of the molecule is O=C([C@@H]1SCCc2sccc21)N1CC[C@]2(CCOC2)C1. The van der Waals surface area contributed by atoms with Crippen LogP contribution in [0.5, 0.6) is 0 Å². The number of amides is 1. The Morgan fingerprint density at radius 1 is 1.45 bits per heavy atom. The van der Waals surface area contributed by atoms with Crippen molar-refractivity contribution in [1.29, 1.82) is 0 Å². The predicted octanol–water partition coefficient (Wildman–Crippen LogP) is 2.72. The molecule has 1 amide bonds. The summed E-state index contributed by atoms with van der Waals surface area (Å²) >= 11 is 3.62. The van der Waals surface area contributed by atoms with Crippen LogP contribution in [-0.2, 0) is 16.0 Å². The summed E-state index contributed by atoms with van der Waals surface area (Å²) in [5.74, 6) is 1.41. The van der Waals surface area contributed by atoms with Crippen molar-refractivity contribution in [3.05, 3.63) is 21.9 Å². The van der Waals surface area contributed by atoms with Crippen molar-refractivity contribution < 1.29 is 9.53 Å². The minimum atomic E-state index is 0.0440. The summed E-state index contributed by atoms with van der Waals surface area (Å²) in [6, 6.07) is 2.15. The number of hydrogen-bond donors (Lipinski definition) is 0. The second kappa shape index (κ2) is 5.04. The highest BCUT2D eigenvalue weighted by atomic mass is 32.2. The van der Waals surface area contributed by atoms with E-state index in [1.54, 1.807) is 11.3 Å². The topological polar surface area (TPSA) is 29.5 Å². The molecule has 1 aromatic heterocycles. The zero-order valence-corrected chi connectivity index (χ0v) is 13.1. The standard InChI is InChI=1S/C15H19NO2S2/c17-14(13-11-1-7-19-12(11)2-8-20-13)16-5-3-15(9-16)4-6-18-10-15/h1,7,13H,2-6,8-10H2/t13-,15+/m1/s1. The van der Waals surface area contributed by atoms with E-state index in [9.17, 15) is 4.79 Å². The Balaban J connectivity index is 1.52. The Bertz CT molecular complexity index is 522. The van der Waals surface area contributed by atoms with Crippen LogP contribution in [0.3, 0.4) is 0 Å². The third kappa shape index (κ3) is 2.11. The first-order valence-electron chi connectivity index (χ1n) is 7.32. The Hall–Kier alpha value is -0.520. The Kier molecular flexibility index (Phi) is 3.32. The molecule has 108 valence electrons. The highest BCUT2D eigenvalue weighted by molar-refractivity contribution is 8.00. The molecule has 2 fully saturated rings. The quantitative estimate of drug-likeness (QED) is 0.799. The van der Waals surface area contributed by atoms with Gasteiger partial charge in [-0.15, -0.1) is 23.1 Å². The minimum absolute atomic E-state index is 0.0440. The molecule has 20 heavy (non-hydrogen) atoms. The van der Waals surface area contributed by atoms with Crippen LogP contribution >= 0.6 is 23.1 Å². The number of carbonyl (C=O) groups is 1. The van der Waals surface area contributed by atoms with Gasteiger partial charge >= 0.3 is 0 Å². The van der Waals surface area contributed by atoms with Crippen molar-refractivity contribution in [3.8, 4) is 0 Å². The van der Waals surface area contributed by atoms with E-state index in [1.165, 1.54) is 10.4 Å². The molecular formula is C15H19NO2S2. The number of thioether (sulfide) groups is 1. The van der Waals surface area contributed by atoms with Gasteiger partial charge in [0.2, 0.25) is 5.91 Å². The molecule has 0 aliphatic carbocycles. The molecule has 0 unspecified atom stereocenters. The molecule has 2 saturated heterocycles. The zero-order chi connectivity index (χ0) is 13.6. The maximum absolute atomic E-state index is 12.9. The zero-order valence-electron chi connectivity index (χ0n) is 11.5. The molecule has 0 radical (unpaired) electrons. The first kappa shape index (κ1) is 13.2. The van der Waals surface area contributed by atoms with Crippen molar-refractivity contribution in [1.82, 2.24) is 4.90 Å². The molecule has 0 aromatic carbocycles. The van der Waals surface area contributed by atoms with Gasteiger partial charge in [0.05, 0.1) is 6.61 Å². The van der Waals surface area contributed by atoms with E-state index in [2.05, 4.69) is 16.3 Å². The molecule has 3 aliphatic rings. The average Bonchev–Trinajstić information content (AvgIpc) is 3.19. The normalized spacial score (nSPS) is 32.8. The van der Waals surface area contributed by atoms with E-state index in [0.29, 0.717) is 5.91 Å². The van der Waals surface area contributed by atoms with Crippen LogP contribution < -0.4 is 0 Å². The van der Waals surface area contributed by atoms with Gasteiger partial charge in [-0.1, -0.05) is 0 Å². The lowest BCUT2D eigenvalue weighted by Crippen LogP contribution is -2.35. The van der Waals surface area contributed by atoms with Crippen molar-refractivity contribution >= 4 is 29.0 Å². The third-order valence-electron chi connectivity index (χ3n) is 4.84. The molecular weight excluding hydrogens is 290 g/mol. The van der Waals surface area contributed by atoms with E-state index in [4.69, 9.17) is 4.74 Å². The summed E-state index contributed by atoms with van der Waals surface area (Å²) in [6.45, 7) is 3.54. The van der Waals surface area contributed by atoms with Crippen LogP contribution in [0.15, 0.2) is 11.4 Å². The summed E-state index contributed by atoms with van der Waals surface area (Å²) in [5.41, 5.74) is 1.55. The lowest BCUT2D eigenvalue weighted by molar-refractivity contribution is -0.130. The number of fused-ring (bicyclic) bond motifs is 1. The fourth-order valence-electron chi connectivity index (χ4n) is 3.61. The summed E-state index contributed by atoms with van der Waals surface area (Å²) in [4.78, 5) is 16.4. The summed E-state index contributed by atoms with van der Waals surface area (Å²) in [5, 5.41) is 2.18. The fraction of sp³-hybridized carbons (Fsp3) is 0.667. The van der Waals surface area contributed by atoms with Gasteiger partial charge in [0.15, 0.2) is 0 Å². The molecule has 0 bridgehead atoms. The number of ether oxygens (including phenoxy) is 1. The molecule has 3 nitrogen and oxygen atoms in total. The van der Waals surface area contributed by atoms with Crippen LogP contribution in [0.25, 0.3) is 0 Å². The number of carbonyl (C=O) groups excluding carboxylic acids is 1. The van der Waals surface area contributed by atoms with E-state index in [0.717, 1.165) is 51.3 Å². The van der Waals surface area contributed by atoms with Crippen LogP contribution in [0.4, 0.5) is 0 Å². The van der Waals surface area contributed by atoms with E-state index in [1.807, 2.05) is 11.8 Å². The molecule has 3 aliphatic heterocycles. The van der Waals surface area contributed by atoms with Crippen LogP contribution in [0.1, 0.15) is 28.5 Å². The molecule has 4 rings (SSSR count). The molecule has 0 N–H and O–H groups in total. The average molecular weight is 309 g/mol. The van der Waals surface area contributed by atoms with E-state index in [-0.39, 0.29) is 10.7 Å². The molecule has 5 heteroatoms. The minimum Gasteiger partial charge on any atom is -0.381 e. The largest absolute Gasteiger partial charge is 0.381 e. The van der Waals surface area contributed by atoms with E-state index >= 15 is 0 Å². The summed E-state index contributed by atoms with van der Waals surface area (Å²) < 4.78 is 5.56. The van der Waals surface area contributed by atoms with Gasteiger partial charge in [0.1, 0.15) is 5.25 Å². The van der Waals surface area contributed by atoms with Crippen LogP contribution in [0, 0.1) is 5.41 Å². The van der Waals surface area contributed by atoms with Gasteiger partial charge in [0, 0.05) is 30.0 Å². The number of hydrogen-bond acceptors (Lipinski definition) is 4. The number of aryl methyl sites for hydroxylation is 1. The van der Waals surface area contributed by atoms with Gasteiger partial charge in [-0.3, -0.25) is 4.79 Å². The van der Waals surface area contributed by atoms with Gasteiger partial charge in [-0.05, 0) is 42.0 Å². The molecule has 2 atom stereocenters.